The van der Waals surface area contributed by atoms with E-state index in [1.165, 1.54) is 23.1 Å². The predicted molar refractivity (Wildman–Crippen MR) is 59.9 cm³/mol. The summed E-state index contributed by atoms with van der Waals surface area (Å²) in [7, 11) is 0. The van der Waals surface area contributed by atoms with Gasteiger partial charge in [-0.1, -0.05) is 0 Å². The zero-order valence-corrected chi connectivity index (χ0v) is 9.87. The highest BCUT2D eigenvalue weighted by molar-refractivity contribution is 8.01. The molecule has 0 spiro atoms. The lowest BCUT2D eigenvalue weighted by Crippen LogP contribution is -1.97. The standard InChI is InChI=1S/C9H8N4OS2/c14-5-7-3-4-8(15-7)16-9-10-11-12-13(9)6-1-2-6/h3-6H,1-2H2. The summed E-state index contributed by atoms with van der Waals surface area (Å²) in [6, 6.07) is 4.21. The summed E-state index contributed by atoms with van der Waals surface area (Å²) in [4.78, 5) is 11.3. The number of aromatic nitrogens is 4. The fraction of sp³-hybridized carbons (Fsp3) is 0.333. The van der Waals surface area contributed by atoms with E-state index in [0.29, 0.717) is 6.04 Å². The third kappa shape index (κ3) is 1.88. The van der Waals surface area contributed by atoms with Crippen LogP contribution in [0.4, 0.5) is 0 Å². The Bertz CT molecular complexity index is 517. The minimum Gasteiger partial charge on any atom is -0.297 e. The SMILES string of the molecule is O=Cc1ccc(Sc2nnnn2C2CC2)s1. The number of nitrogens with zero attached hydrogens (tertiary/aromatic N) is 4. The smallest absolute Gasteiger partial charge is 0.215 e. The van der Waals surface area contributed by atoms with Crippen LogP contribution >= 0.6 is 23.1 Å². The molecule has 3 rings (SSSR count). The lowest BCUT2D eigenvalue weighted by molar-refractivity contribution is 0.112. The quantitative estimate of drug-likeness (QED) is 0.779. The van der Waals surface area contributed by atoms with E-state index in [9.17, 15) is 4.79 Å². The van der Waals surface area contributed by atoms with Crippen molar-refractivity contribution in [3.8, 4) is 0 Å². The molecule has 0 N–H and O–H groups in total. The van der Waals surface area contributed by atoms with Gasteiger partial charge in [0.15, 0.2) is 6.29 Å². The number of tetrazole rings is 1. The van der Waals surface area contributed by atoms with E-state index in [2.05, 4.69) is 15.5 Å². The first-order chi connectivity index (χ1) is 7.86. The summed E-state index contributed by atoms with van der Waals surface area (Å²) in [6.45, 7) is 0. The van der Waals surface area contributed by atoms with Gasteiger partial charge in [-0.3, -0.25) is 4.79 Å². The second-order valence-corrected chi connectivity index (χ2v) is 5.90. The average molecular weight is 252 g/mol. The number of carbonyl (C=O) groups excluding carboxylic acids is 1. The van der Waals surface area contributed by atoms with Gasteiger partial charge in [0.25, 0.3) is 0 Å². The second-order valence-electron chi connectivity index (χ2n) is 3.51. The molecule has 1 aliphatic carbocycles. The highest BCUT2D eigenvalue weighted by atomic mass is 32.2. The van der Waals surface area contributed by atoms with Crippen LogP contribution in [0, 0.1) is 0 Å². The van der Waals surface area contributed by atoms with Gasteiger partial charge in [0.05, 0.1) is 15.1 Å². The van der Waals surface area contributed by atoms with Crippen molar-refractivity contribution in [3.63, 3.8) is 0 Å². The molecule has 0 aliphatic heterocycles. The first kappa shape index (κ1) is 9.98. The Hall–Kier alpha value is -1.21. The summed E-state index contributed by atoms with van der Waals surface area (Å²) < 4.78 is 2.91. The molecule has 0 bridgehead atoms. The van der Waals surface area contributed by atoms with Gasteiger partial charge in [-0.2, -0.15) is 0 Å². The molecule has 1 fully saturated rings. The lowest BCUT2D eigenvalue weighted by atomic mass is 10.5. The molecule has 0 saturated heterocycles. The van der Waals surface area contributed by atoms with Crippen molar-refractivity contribution in [1.29, 1.82) is 0 Å². The molecule has 0 amide bonds. The van der Waals surface area contributed by atoms with Crippen molar-refractivity contribution in [2.75, 3.05) is 0 Å². The molecule has 1 saturated carbocycles. The predicted octanol–water partition coefficient (Wildman–Crippen LogP) is 2.03. The van der Waals surface area contributed by atoms with Crippen LogP contribution in [-0.4, -0.2) is 26.5 Å². The van der Waals surface area contributed by atoms with Gasteiger partial charge in [0.1, 0.15) is 0 Å². The molecule has 0 unspecified atom stereocenters. The molecule has 82 valence electrons. The van der Waals surface area contributed by atoms with Gasteiger partial charge in [-0.15, -0.1) is 16.4 Å². The first-order valence-corrected chi connectivity index (χ1v) is 6.51. The summed E-state index contributed by atoms with van der Waals surface area (Å²) in [5.41, 5.74) is 0. The molecule has 5 nitrogen and oxygen atoms in total. The zero-order chi connectivity index (χ0) is 11.0. The molecular formula is C9H8N4OS2. The van der Waals surface area contributed by atoms with E-state index >= 15 is 0 Å². The fourth-order valence-corrected chi connectivity index (χ4v) is 3.25. The Balaban J connectivity index is 1.82. The van der Waals surface area contributed by atoms with Crippen LogP contribution in [0.5, 0.6) is 0 Å². The van der Waals surface area contributed by atoms with Gasteiger partial charge >= 0.3 is 0 Å². The van der Waals surface area contributed by atoms with E-state index in [0.717, 1.165) is 33.4 Å². The summed E-state index contributed by atoms with van der Waals surface area (Å²) in [5, 5.41) is 12.5. The molecule has 1 aliphatic rings. The minimum absolute atomic E-state index is 0.475. The fourth-order valence-electron chi connectivity index (χ4n) is 1.34. The maximum Gasteiger partial charge on any atom is 0.215 e. The molecule has 7 heteroatoms. The maximum atomic E-state index is 10.6. The normalized spacial score (nSPS) is 15.2. The number of rotatable bonds is 4. The van der Waals surface area contributed by atoms with Crippen molar-refractivity contribution in [2.24, 2.45) is 0 Å². The van der Waals surface area contributed by atoms with Crippen molar-refractivity contribution in [3.05, 3.63) is 17.0 Å². The van der Waals surface area contributed by atoms with Crippen LogP contribution in [0.25, 0.3) is 0 Å². The van der Waals surface area contributed by atoms with Gasteiger partial charge in [0, 0.05) is 0 Å². The highest BCUT2D eigenvalue weighted by Crippen LogP contribution is 2.39. The molecule has 0 aromatic carbocycles. The van der Waals surface area contributed by atoms with E-state index < -0.39 is 0 Å². The van der Waals surface area contributed by atoms with Crippen molar-refractivity contribution in [2.45, 2.75) is 28.2 Å². The molecule has 0 atom stereocenters. The van der Waals surface area contributed by atoms with Crippen LogP contribution in [0.1, 0.15) is 28.6 Å². The number of hydrogen-bond acceptors (Lipinski definition) is 6. The van der Waals surface area contributed by atoms with Crippen LogP contribution < -0.4 is 0 Å². The first-order valence-electron chi connectivity index (χ1n) is 4.87. The molecule has 2 aromatic heterocycles. The average Bonchev–Trinajstić information content (AvgIpc) is 2.88. The van der Waals surface area contributed by atoms with E-state index in [1.807, 2.05) is 16.8 Å². The van der Waals surface area contributed by atoms with Crippen molar-refractivity contribution in [1.82, 2.24) is 20.2 Å². The van der Waals surface area contributed by atoms with Gasteiger partial charge in [-0.25, -0.2) is 4.68 Å². The van der Waals surface area contributed by atoms with Gasteiger partial charge in [-0.05, 0) is 47.2 Å². The topological polar surface area (TPSA) is 60.7 Å². The number of thiophene rings is 1. The van der Waals surface area contributed by atoms with Crippen LogP contribution in [0.15, 0.2) is 21.5 Å². The van der Waals surface area contributed by atoms with E-state index in [1.54, 1.807) is 0 Å². The highest BCUT2D eigenvalue weighted by Gasteiger charge is 2.28. The Labute approximate surface area is 99.9 Å². The van der Waals surface area contributed by atoms with Crippen LogP contribution in [-0.2, 0) is 0 Å². The van der Waals surface area contributed by atoms with E-state index in [-0.39, 0.29) is 0 Å². The van der Waals surface area contributed by atoms with Gasteiger partial charge < -0.3 is 0 Å². The van der Waals surface area contributed by atoms with Crippen molar-refractivity contribution < 1.29 is 4.79 Å². The lowest BCUT2D eigenvalue weighted by Gasteiger charge is -1.98. The van der Waals surface area contributed by atoms with Crippen LogP contribution in [0.2, 0.25) is 0 Å². The third-order valence-electron chi connectivity index (χ3n) is 2.27. The zero-order valence-electron chi connectivity index (χ0n) is 8.24. The Morgan fingerprint density at radius 2 is 2.38 bits per heavy atom. The summed E-state index contributed by atoms with van der Waals surface area (Å²) in [6.07, 6.45) is 3.17. The number of aldehydes is 1. The molecule has 2 heterocycles. The largest absolute Gasteiger partial charge is 0.297 e. The Morgan fingerprint density at radius 1 is 1.50 bits per heavy atom. The molecule has 16 heavy (non-hydrogen) atoms. The molecule has 0 radical (unpaired) electrons. The Morgan fingerprint density at radius 3 is 3.06 bits per heavy atom. The second kappa shape index (κ2) is 3.99. The Kier molecular flexibility index (Phi) is 2.49. The summed E-state index contributed by atoms with van der Waals surface area (Å²) in [5.74, 6) is 0. The maximum absolute atomic E-state index is 10.6. The third-order valence-corrected chi connectivity index (χ3v) is 4.36. The van der Waals surface area contributed by atoms with Crippen molar-refractivity contribution >= 4 is 29.4 Å². The van der Waals surface area contributed by atoms with Gasteiger partial charge in [0.2, 0.25) is 5.16 Å². The monoisotopic (exact) mass is 252 g/mol. The number of hydrogen-bond donors (Lipinski definition) is 0. The molecule has 2 aromatic rings. The number of carbonyl (C=O) groups is 1. The summed E-state index contributed by atoms with van der Waals surface area (Å²) >= 11 is 2.97. The molecular weight excluding hydrogens is 244 g/mol. The van der Waals surface area contributed by atoms with Crippen LogP contribution in [0.3, 0.4) is 0 Å². The van der Waals surface area contributed by atoms with E-state index in [4.69, 9.17) is 0 Å². The minimum atomic E-state index is 0.475.